The molecule has 0 heterocycles. The third-order valence-corrected chi connectivity index (χ3v) is 5.72. The van der Waals surface area contributed by atoms with E-state index in [4.69, 9.17) is 9.84 Å². The molecular formula is C29H34N3O4. The average molecular weight is 489 g/mol. The molecule has 3 aromatic carbocycles. The Labute approximate surface area is 212 Å². The molecule has 0 aliphatic heterocycles. The van der Waals surface area contributed by atoms with Gasteiger partial charge in [0.05, 0.1) is 12.6 Å². The van der Waals surface area contributed by atoms with E-state index in [1.165, 1.54) is 0 Å². The van der Waals surface area contributed by atoms with Crippen molar-refractivity contribution in [2.45, 2.75) is 44.9 Å². The van der Waals surface area contributed by atoms with Gasteiger partial charge in [0.2, 0.25) is 11.8 Å². The van der Waals surface area contributed by atoms with E-state index in [0.717, 1.165) is 23.1 Å². The van der Waals surface area contributed by atoms with Crippen LogP contribution in [0.25, 0.3) is 0 Å². The van der Waals surface area contributed by atoms with E-state index in [1.54, 1.807) is 19.1 Å². The van der Waals surface area contributed by atoms with Crippen molar-refractivity contribution in [2.75, 3.05) is 13.2 Å². The number of aryl methyl sites for hydroxylation is 1. The summed E-state index contributed by atoms with van der Waals surface area (Å²) in [5, 5.41) is 18.0. The van der Waals surface area contributed by atoms with Gasteiger partial charge in [0.25, 0.3) is 0 Å². The molecule has 0 unspecified atom stereocenters. The standard InChI is InChI=1S/C29H34N3O4/c1-22(28(34)31-21-24-10-6-3-7-11-24)32-29(35)27(17-14-23-8-4-2-5-9-23)30-20-25-12-15-26(16-13-25)36-19-18-33/h2,4-13,15-16,22,27,30,33H,14,17-21H2,1H3,(H,31,34)(H,32,35)/t22-,27+/m0/s1. The monoisotopic (exact) mass is 488 g/mol. The Balaban J connectivity index is 1.57. The van der Waals surface area contributed by atoms with Crippen molar-refractivity contribution in [2.24, 2.45) is 0 Å². The van der Waals surface area contributed by atoms with E-state index in [2.05, 4.69) is 22.0 Å². The molecule has 7 nitrogen and oxygen atoms in total. The van der Waals surface area contributed by atoms with Crippen LogP contribution < -0.4 is 20.7 Å². The van der Waals surface area contributed by atoms with Crippen molar-refractivity contribution in [1.29, 1.82) is 0 Å². The highest BCUT2D eigenvalue weighted by Crippen LogP contribution is 2.13. The molecular weight excluding hydrogens is 454 g/mol. The van der Waals surface area contributed by atoms with Crippen LogP contribution in [-0.4, -0.2) is 42.2 Å². The molecule has 0 aliphatic carbocycles. The van der Waals surface area contributed by atoms with Crippen molar-refractivity contribution in [1.82, 2.24) is 16.0 Å². The Morgan fingerprint density at radius 2 is 1.58 bits per heavy atom. The van der Waals surface area contributed by atoms with E-state index in [1.807, 2.05) is 66.7 Å². The Morgan fingerprint density at radius 1 is 0.889 bits per heavy atom. The van der Waals surface area contributed by atoms with Crippen LogP contribution in [0.5, 0.6) is 5.75 Å². The molecule has 0 aliphatic rings. The summed E-state index contributed by atoms with van der Waals surface area (Å²) >= 11 is 0. The SMILES string of the molecule is C[C@H](NC(=O)[C@@H](CCc1ccccc1)NCc1ccc(OCCO)cc1)C(=O)NCc1cc[c]cc1. The number of rotatable bonds is 14. The van der Waals surface area contributed by atoms with E-state index in [0.29, 0.717) is 25.3 Å². The summed E-state index contributed by atoms with van der Waals surface area (Å²) in [6, 6.07) is 26.7. The first kappa shape index (κ1) is 26.9. The predicted molar refractivity (Wildman–Crippen MR) is 139 cm³/mol. The van der Waals surface area contributed by atoms with E-state index < -0.39 is 12.1 Å². The molecule has 4 N–H and O–H groups in total. The van der Waals surface area contributed by atoms with Gasteiger partial charge in [-0.25, -0.2) is 0 Å². The fourth-order valence-corrected chi connectivity index (χ4v) is 3.65. The second kappa shape index (κ2) is 14.7. The van der Waals surface area contributed by atoms with Gasteiger partial charge in [-0.15, -0.1) is 0 Å². The summed E-state index contributed by atoms with van der Waals surface area (Å²) in [5.41, 5.74) is 3.11. The Hall–Kier alpha value is -3.68. The van der Waals surface area contributed by atoms with Gasteiger partial charge < -0.3 is 25.8 Å². The number of benzene rings is 3. The van der Waals surface area contributed by atoms with Gasteiger partial charge in [-0.3, -0.25) is 9.59 Å². The number of aliphatic hydroxyl groups is 1. The molecule has 0 spiro atoms. The highest BCUT2D eigenvalue weighted by Gasteiger charge is 2.22. The average Bonchev–Trinajstić information content (AvgIpc) is 2.92. The Bertz CT molecular complexity index is 1060. The van der Waals surface area contributed by atoms with Gasteiger partial charge in [0, 0.05) is 13.1 Å². The quantitative estimate of drug-likeness (QED) is 0.280. The largest absolute Gasteiger partial charge is 0.491 e. The van der Waals surface area contributed by atoms with Crippen molar-refractivity contribution in [3.63, 3.8) is 0 Å². The summed E-state index contributed by atoms with van der Waals surface area (Å²) in [6.07, 6.45) is 1.31. The van der Waals surface area contributed by atoms with Crippen LogP contribution in [0.15, 0.2) is 78.9 Å². The molecule has 0 bridgehead atoms. The number of hydrogen-bond acceptors (Lipinski definition) is 5. The summed E-state index contributed by atoms with van der Waals surface area (Å²) in [4.78, 5) is 25.7. The number of ether oxygens (including phenoxy) is 1. The number of nitrogens with one attached hydrogen (secondary N) is 3. The van der Waals surface area contributed by atoms with Crippen LogP contribution in [0.3, 0.4) is 0 Å². The van der Waals surface area contributed by atoms with Gasteiger partial charge in [-0.05, 0) is 54.7 Å². The summed E-state index contributed by atoms with van der Waals surface area (Å²) in [6.45, 7) is 2.77. The molecule has 3 aromatic rings. The summed E-state index contributed by atoms with van der Waals surface area (Å²) in [5.74, 6) is 0.224. The van der Waals surface area contributed by atoms with Gasteiger partial charge in [0.1, 0.15) is 18.4 Å². The van der Waals surface area contributed by atoms with E-state index >= 15 is 0 Å². The van der Waals surface area contributed by atoms with E-state index in [9.17, 15) is 9.59 Å². The first-order valence-electron chi connectivity index (χ1n) is 12.2. The minimum Gasteiger partial charge on any atom is -0.491 e. The normalized spacial score (nSPS) is 12.4. The predicted octanol–water partition coefficient (Wildman–Crippen LogP) is 2.77. The molecule has 36 heavy (non-hydrogen) atoms. The number of amides is 2. The van der Waals surface area contributed by atoms with Crippen LogP contribution in [0.4, 0.5) is 0 Å². The molecule has 1 radical (unpaired) electrons. The van der Waals surface area contributed by atoms with Crippen LogP contribution in [0.1, 0.15) is 30.0 Å². The fraction of sp³-hybridized carbons (Fsp3) is 0.310. The molecule has 2 atom stereocenters. The second-order valence-electron chi connectivity index (χ2n) is 8.53. The van der Waals surface area contributed by atoms with Crippen LogP contribution >= 0.6 is 0 Å². The van der Waals surface area contributed by atoms with Crippen molar-refractivity contribution >= 4 is 11.8 Å². The second-order valence-corrected chi connectivity index (χ2v) is 8.53. The highest BCUT2D eigenvalue weighted by atomic mass is 16.5. The lowest BCUT2D eigenvalue weighted by Gasteiger charge is -2.21. The molecule has 0 aromatic heterocycles. The lowest BCUT2D eigenvalue weighted by molar-refractivity contribution is -0.129. The Kier molecular flexibility index (Phi) is 11.0. The summed E-state index contributed by atoms with van der Waals surface area (Å²) in [7, 11) is 0. The number of carbonyl (C=O) groups excluding carboxylic acids is 2. The maximum Gasteiger partial charge on any atom is 0.242 e. The van der Waals surface area contributed by atoms with Crippen molar-refractivity contribution < 1.29 is 19.4 Å². The van der Waals surface area contributed by atoms with Gasteiger partial charge in [-0.2, -0.15) is 0 Å². The topological polar surface area (TPSA) is 99.7 Å². The maximum absolute atomic E-state index is 13.1. The highest BCUT2D eigenvalue weighted by molar-refractivity contribution is 5.89. The number of hydrogen-bond donors (Lipinski definition) is 4. The van der Waals surface area contributed by atoms with Crippen molar-refractivity contribution in [3.05, 3.63) is 102 Å². The smallest absolute Gasteiger partial charge is 0.242 e. The Morgan fingerprint density at radius 3 is 2.28 bits per heavy atom. The lowest BCUT2D eigenvalue weighted by atomic mass is 10.0. The zero-order chi connectivity index (χ0) is 25.6. The van der Waals surface area contributed by atoms with Crippen LogP contribution in [0.2, 0.25) is 0 Å². The molecule has 7 heteroatoms. The number of carbonyl (C=O) groups is 2. The molecule has 2 amide bonds. The first-order valence-corrected chi connectivity index (χ1v) is 12.2. The van der Waals surface area contributed by atoms with Gasteiger partial charge in [0.15, 0.2) is 0 Å². The zero-order valence-electron chi connectivity index (χ0n) is 20.6. The minimum absolute atomic E-state index is 0.0387. The minimum atomic E-state index is -0.670. The van der Waals surface area contributed by atoms with Crippen LogP contribution in [-0.2, 0) is 29.1 Å². The van der Waals surface area contributed by atoms with Gasteiger partial charge >= 0.3 is 0 Å². The maximum atomic E-state index is 13.1. The third kappa shape index (κ3) is 9.17. The lowest BCUT2D eigenvalue weighted by Crippen LogP contribution is -2.51. The zero-order valence-corrected chi connectivity index (χ0v) is 20.6. The van der Waals surface area contributed by atoms with Gasteiger partial charge in [-0.1, -0.05) is 66.7 Å². The fourth-order valence-electron chi connectivity index (χ4n) is 3.65. The number of aliphatic hydroxyl groups excluding tert-OH is 1. The molecule has 3 rings (SSSR count). The molecule has 0 fully saturated rings. The third-order valence-electron chi connectivity index (χ3n) is 5.72. The van der Waals surface area contributed by atoms with Crippen molar-refractivity contribution in [3.8, 4) is 5.75 Å². The molecule has 189 valence electrons. The molecule has 0 saturated carbocycles. The summed E-state index contributed by atoms with van der Waals surface area (Å²) < 4.78 is 5.40. The first-order chi connectivity index (χ1) is 17.5. The van der Waals surface area contributed by atoms with E-state index in [-0.39, 0.29) is 25.0 Å². The van der Waals surface area contributed by atoms with Crippen LogP contribution in [0, 0.1) is 6.07 Å². The molecule has 0 saturated heterocycles.